The topological polar surface area (TPSA) is 248 Å². The van der Waals surface area contributed by atoms with E-state index in [0.717, 1.165) is 67.1 Å². The summed E-state index contributed by atoms with van der Waals surface area (Å²) in [7, 11) is 16.1. The number of aldehydes is 1. The van der Waals surface area contributed by atoms with Gasteiger partial charge in [0.2, 0.25) is 0 Å². The van der Waals surface area contributed by atoms with E-state index in [1.54, 1.807) is 184 Å². The Bertz CT molecular complexity index is 4750. The van der Waals surface area contributed by atoms with E-state index in [0.29, 0.717) is 56.0 Å². The average Bonchev–Trinajstić information content (AvgIpc) is 1.77. The maximum absolute atomic E-state index is 12.2. The van der Waals surface area contributed by atoms with Gasteiger partial charge in [0.1, 0.15) is 92.2 Å². The number of hydrogen-bond donors (Lipinski definition) is 6. The Morgan fingerprint density at radius 1 is 0.396 bits per heavy atom. The lowest BCUT2D eigenvalue weighted by atomic mass is 9.89. The molecular formula is C85H88Br2O18S6. The van der Waals surface area contributed by atoms with Crippen molar-refractivity contribution < 1.29 is 87.6 Å². The Hall–Kier alpha value is -9.84. The van der Waals surface area contributed by atoms with Gasteiger partial charge in [0, 0.05) is 98.4 Å². The molecule has 0 aliphatic carbocycles. The van der Waals surface area contributed by atoms with Crippen molar-refractivity contribution in [2.45, 2.75) is 44.3 Å². The third kappa shape index (κ3) is 27.0. The summed E-state index contributed by atoms with van der Waals surface area (Å²) >= 11 is 15.9. The fraction of sp³-hybridized carbons (Fsp3) is 0.200. The van der Waals surface area contributed by atoms with E-state index in [-0.39, 0.29) is 34.7 Å². The maximum atomic E-state index is 12.2. The minimum Gasteiger partial charge on any atom is -0.508 e. The van der Waals surface area contributed by atoms with E-state index in [1.165, 1.54) is 57.6 Å². The summed E-state index contributed by atoms with van der Waals surface area (Å²) in [6, 6.07) is 48.2. The average molecular weight is 1750 g/mol. The van der Waals surface area contributed by atoms with Gasteiger partial charge in [-0.3, -0.25) is 9.59 Å². The van der Waals surface area contributed by atoms with Crippen LogP contribution < -0.4 is 47.4 Å². The van der Waals surface area contributed by atoms with Crippen LogP contribution in [-0.2, 0) is 5.60 Å². The number of aliphatic hydroxyl groups is 2. The summed E-state index contributed by atoms with van der Waals surface area (Å²) < 4.78 is 53.4. The number of thiophene rings is 6. The van der Waals surface area contributed by atoms with Gasteiger partial charge in [0.25, 0.3) is 0 Å². The third-order valence-corrected chi connectivity index (χ3v) is 22.0. The third-order valence-electron chi connectivity index (χ3n) is 16.5. The smallest absolute Gasteiger partial charge is 0.197 e. The minimum atomic E-state index is -1.07. The van der Waals surface area contributed by atoms with E-state index in [9.17, 15) is 30.0 Å². The lowest BCUT2D eigenvalue weighted by Crippen LogP contribution is -2.22. The van der Waals surface area contributed by atoms with Crippen molar-refractivity contribution in [3.63, 3.8) is 0 Å². The number of halogens is 2. The molecule has 586 valence electrons. The molecular weight excluding hydrogens is 1660 g/mol. The first-order chi connectivity index (χ1) is 53.4. The number of aliphatic hydroxyl groups excluding tert-OH is 1. The summed E-state index contributed by atoms with van der Waals surface area (Å²) in [5, 5.41) is 81.0. The lowest BCUT2D eigenvalue weighted by molar-refractivity contribution is 0.0992. The monoisotopic (exact) mass is 1750 g/mol. The van der Waals surface area contributed by atoms with Crippen LogP contribution in [0.1, 0.15) is 109 Å². The van der Waals surface area contributed by atoms with Crippen LogP contribution >= 0.6 is 99.9 Å². The first kappa shape index (κ1) is 90.0. The van der Waals surface area contributed by atoms with E-state index in [2.05, 4.69) is 67.1 Å². The molecule has 0 aliphatic rings. The molecule has 13 rings (SSSR count). The molecule has 6 heterocycles. The zero-order chi connectivity index (χ0) is 81.0. The van der Waals surface area contributed by atoms with E-state index >= 15 is 0 Å². The Kier molecular flexibility index (Phi) is 37.9. The largest absolute Gasteiger partial charge is 0.508 e. The number of carbonyl (C=O) groups is 2. The Balaban J connectivity index is 0.000000201. The normalized spacial score (nSPS) is 11.5. The molecule has 7 aromatic carbocycles. The van der Waals surface area contributed by atoms with E-state index in [4.69, 9.17) is 57.6 Å². The van der Waals surface area contributed by atoms with E-state index < -0.39 is 11.7 Å². The van der Waals surface area contributed by atoms with Gasteiger partial charge >= 0.3 is 0 Å². The molecule has 0 fully saturated rings. The molecule has 0 spiro atoms. The zero-order valence-corrected chi connectivity index (χ0v) is 71.2. The van der Waals surface area contributed by atoms with Crippen LogP contribution in [0.25, 0.3) is 0 Å². The van der Waals surface area contributed by atoms with Crippen LogP contribution in [0.4, 0.5) is 0 Å². The summed E-state index contributed by atoms with van der Waals surface area (Å²) in [5.74, 6) is 7.94. The molecule has 4 unspecified atom stereocenters. The van der Waals surface area contributed by atoms with Gasteiger partial charge in [-0.25, -0.2) is 0 Å². The highest BCUT2D eigenvalue weighted by Crippen LogP contribution is 2.41. The number of phenolic OH excluding ortho intramolecular Hbond substituents is 4. The quantitative estimate of drug-likeness (QED) is 0.0289. The van der Waals surface area contributed by atoms with Crippen molar-refractivity contribution in [2.24, 2.45) is 0 Å². The molecule has 4 atom stereocenters. The number of hydrogen-bond acceptors (Lipinski definition) is 24. The van der Waals surface area contributed by atoms with Gasteiger partial charge in [-0.15, -0.1) is 0 Å². The van der Waals surface area contributed by atoms with Crippen molar-refractivity contribution in [3.8, 4) is 80.5 Å². The van der Waals surface area contributed by atoms with Crippen molar-refractivity contribution in [2.75, 3.05) is 71.1 Å². The van der Waals surface area contributed by atoms with Crippen LogP contribution in [0.15, 0.2) is 237 Å². The standard InChI is InChI=1S/C14H16O3S.C14H16O2S.C13H14O3S.C13H12O3S.C12H12O2S.C8H9BrO2.C6H5BrO2.C5H4OS/c1-14(15,10-6-7-18-9-10)12-5-4-11(16-2)8-13(12)17-3;1-10(11-6-7-17-9-11)13-5-4-12(15-2)8-14(13)16-3;2*1-15-10-3-4-11(12(7-10)16-2)13(14)9-5-6-17-8-9;1-8(9-4-5-15-7-9)11-3-2-10(13)6-12(11)14;1-10-6-3-4-7(9)8(5-6)11-2;7-5-2-1-4(8)3-6(5)9;6-3-5-1-2-7-4-5/h4-9,15H,1-3H3;4-10H,1-3H3;3-8,13-14H,1-2H3;3-8H,1-2H3;2-8,13-14H,1H3;3-5H,1-2H3;1-3,8-9H;1-4H. The molecule has 0 aliphatic heterocycles. The number of carbonyl (C=O) groups excluding carboxylic acids is 2. The second kappa shape index (κ2) is 46.7. The molecule has 0 bridgehead atoms. The van der Waals surface area contributed by atoms with Gasteiger partial charge in [-0.05, 0) is 224 Å². The minimum absolute atomic E-state index is 0.0363. The number of ether oxygens (including phenoxy) is 10. The predicted octanol–water partition coefficient (Wildman–Crippen LogP) is 22.0. The molecule has 6 N–H and O–H groups in total. The molecule has 0 saturated heterocycles. The van der Waals surface area contributed by atoms with Crippen LogP contribution in [0, 0.1) is 0 Å². The predicted molar refractivity (Wildman–Crippen MR) is 455 cm³/mol. The van der Waals surface area contributed by atoms with Gasteiger partial charge in [0.15, 0.2) is 12.1 Å². The van der Waals surface area contributed by atoms with Gasteiger partial charge < -0.3 is 78.0 Å². The number of rotatable bonds is 21. The molecule has 6 aromatic heterocycles. The summed E-state index contributed by atoms with van der Waals surface area (Å²) in [6.45, 7) is 5.99. The molecule has 111 heavy (non-hydrogen) atoms. The molecule has 13 aromatic rings. The number of aromatic hydroxyl groups is 4. The van der Waals surface area contributed by atoms with Crippen molar-refractivity contribution in [3.05, 3.63) is 298 Å². The summed E-state index contributed by atoms with van der Waals surface area (Å²) in [4.78, 5) is 22.0. The molecule has 0 saturated carbocycles. The Labute approximate surface area is 688 Å². The lowest BCUT2D eigenvalue weighted by Gasteiger charge is -2.25. The first-order valence-corrected chi connectivity index (χ1v) is 40.7. The number of phenols is 4. The number of ketones is 1. The van der Waals surface area contributed by atoms with Crippen LogP contribution in [0.2, 0.25) is 0 Å². The van der Waals surface area contributed by atoms with Gasteiger partial charge in [0.05, 0.1) is 85.6 Å². The number of methoxy groups -OCH3 is 10. The van der Waals surface area contributed by atoms with Crippen molar-refractivity contribution in [1.82, 2.24) is 0 Å². The Morgan fingerprint density at radius 2 is 0.802 bits per heavy atom. The Morgan fingerprint density at radius 3 is 1.25 bits per heavy atom. The fourth-order valence-electron chi connectivity index (χ4n) is 10.2. The van der Waals surface area contributed by atoms with Crippen LogP contribution in [0.3, 0.4) is 0 Å². The highest BCUT2D eigenvalue weighted by Gasteiger charge is 2.30. The highest BCUT2D eigenvalue weighted by molar-refractivity contribution is 9.11. The summed E-state index contributed by atoms with van der Waals surface area (Å²) in [6.07, 6.45) is 0.179. The fourth-order valence-corrected chi connectivity index (χ4v) is 15.0. The molecule has 26 heteroatoms. The molecule has 0 radical (unpaired) electrons. The zero-order valence-electron chi connectivity index (χ0n) is 63.1. The summed E-state index contributed by atoms with van der Waals surface area (Å²) in [5.41, 5.74) is 8.65. The van der Waals surface area contributed by atoms with Crippen LogP contribution in [0.5, 0.6) is 80.5 Å². The second-order valence-corrected chi connectivity index (χ2v) is 29.7. The van der Waals surface area contributed by atoms with Gasteiger partial charge in [-0.2, -0.15) is 68.0 Å². The first-order valence-electron chi connectivity index (χ1n) is 33.5. The molecule has 0 amide bonds. The van der Waals surface area contributed by atoms with Crippen molar-refractivity contribution in [1.29, 1.82) is 0 Å². The SMILES string of the molecule is CC(c1ccsc1)c1ccc(O)cc1O.COc1ccc(Br)c(OC)c1.COc1ccc(C(=O)c2ccsc2)c(OC)c1.COc1ccc(C(C)(O)c2ccsc2)c(OC)c1.COc1ccc(C(C)c2ccsc2)c(OC)c1.COc1ccc(C(O)c2ccsc2)c(OC)c1.O=Cc1ccsc1.Oc1ccc(Br)c(O)c1. The highest BCUT2D eigenvalue weighted by atomic mass is 79.9. The maximum Gasteiger partial charge on any atom is 0.197 e. The van der Waals surface area contributed by atoms with E-state index in [1.807, 2.05) is 128 Å². The van der Waals surface area contributed by atoms with Crippen LogP contribution in [-0.4, -0.2) is 114 Å². The second-order valence-electron chi connectivity index (χ2n) is 23.3. The molecule has 18 nitrogen and oxygen atoms in total. The van der Waals surface area contributed by atoms with Crippen molar-refractivity contribution >= 4 is 112 Å². The number of benzene rings is 7. The van der Waals surface area contributed by atoms with Gasteiger partial charge in [-0.1, -0.05) is 26.0 Å².